The summed E-state index contributed by atoms with van der Waals surface area (Å²) in [4.78, 5) is 0. The van der Waals surface area contributed by atoms with E-state index in [1.165, 1.54) is 51.6 Å². The Morgan fingerprint density at radius 2 is 2.23 bits per heavy atom. The van der Waals surface area contributed by atoms with Crippen LogP contribution in [0.1, 0.15) is 38.5 Å². The Balaban J connectivity index is 1.52. The van der Waals surface area contributed by atoms with Crippen LogP contribution >= 0.6 is 0 Å². The second-order valence-corrected chi connectivity index (χ2v) is 4.42. The molecule has 0 bridgehead atoms. The molecule has 2 rings (SSSR count). The van der Waals surface area contributed by atoms with Gasteiger partial charge in [-0.25, -0.2) is 0 Å². The minimum Gasteiger partial charge on any atom is -0.378 e. The Morgan fingerprint density at radius 3 is 2.92 bits per heavy atom. The lowest BCUT2D eigenvalue weighted by Gasteiger charge is -2.11. The van der Waals surface area contributed by atoms with Crippen molar-refractivity contribution in [2.75, 3.05) is 19.7 Å². The van der Waals surface area contributed by atoms with Crippen molar-refractivity contribution in [3.63, 3.8) is 0 Å². The van der Waals surface area contributed by atoms with Crippen molar-refractivity contribution in [1.29, 1.82) is 0 Å². The summed E-state index contributed by atoms with van der Waals surface area (Å²) in [5.41, 5.74) is 0. The van der Waals surface area contributed by atoms with Crippen LogP contribution in [0.5, 0.6) is 0 Å². The molecule has 0 aliphatic carbocycles. The Kier molecular flexibility index (Phi) is 3.62. The minimum absolute atomic E-state index is 0.606. The second kappa shape index (κ2) is 4.97. The van der Waals surface area contributed by atoms with E-state index in [1.807, 2.05) is 0 Å². The third kappa shape index (κ3) is 2.96. The summed E-state index contributed by atoms with van der Waals surface area (Å²) in [6, 6.07) is 0. The Bertz CT molecular complexity index is 121. The van der Waals surface area contributed by atoms with Gasteiger partial charge in [0.2, 0.25) is 0 Å². The molecule has 0 radical (unpaired) electrons. The maximum absolute atomic E-state index is 5.60. The molecule has 2 atom stereocenters. The van der Waals surface area contributed by atoms with Crippen LogP contribution in [-0.2, 0) is 4.74 Å². The van der Waals surface area contributed by atoms with Crippen molar-refractivity contribution in [2.24, 2.45) is 5.92 Å². The third-order valence-corrected chi connectivity index (χ3v) is 3.32. The summed E-state index contributed by atoms with van der Waals surface area (Å²) in [5.74, 6) is 0.960. The van der Waals surface area contributed by atoms with Gasteiger partial charge in [0.25, 0.3) is 0 Å². The van der Waals surface area contributed by atoms with E-state index in [0.717, 1.165) is 12.5 Å². The van der Waals surface area contributed by atoms with Crippen LogP contribution in [0.15, 0.2) is 0 Å². The number of nitrogens with one attached hydrogen (secondary N) is 1. The number of hydrogen-bond donors (Lipinski definition) is 1. The number of hydrogen-bond acceptors (Lipinski definition) is 2. The van der Waals surface area contributed by atoms with Crippen molar-refractivity contribution in [3.8, 4) is 0 Å². The normalized spacial score (nSPS) is 34.2. The van der Waals surface area contributed by atoms with Gasteiger partial charge in [-0.15, -0.1) is 0 Å². The first kappa shape index (κ1) is 9.47. The highest BCUT2D eigenvalue weighted by Gasteiger charge is 2.17. The van der Waals surface area contributed by atoms with E-state index in [-0.39, 0.29) is 0 Å². The van der Waals surface area contributed by atoms with Gasteiger partial charge in [0.05, 0.1) is 6.10 Å². The van der Waals surface area contributed by atoms with Crippen molar-refractivity contribution < 1.29 is 4.74 Å². The van der Waals surface area contributed by atoms with E-state index in [0.29, 0.717) is 6.10 Å². The monoisotopic (exact) mass is 183 g/mol. The lowest BCUT2D eigenvalue weighted by atomic mass is 9.99. The maximum atomic E-state index is 5.60. The molecule has 0 aromatic carbocycles. The fourth-order valence-electron chi connectivity index (χ4n) is 2.47. The van der Waals surface area contributed by atoms with Gasteiger partial charge in [0.1, 0.15) is 0 Å². The van der Waals surface area contributed by atoms with Gasteiger partial charge in [-0.1, -0.05) is 6.42 Å². The molecular formula is C11H21NO. The van der Waals surface area contributed by atoms with E-state index in [1.54, 1.807) is 0 Å². The summed E-state index contributed by atoms with van der Waals surface area (Å²) in [5, 5.41) is 3.42. The average Bonchev–Trinajstić information content (AvgIpc) is 2.75. The maximum Gasteiger partial charge on any atom is 0.0576 e. The summed E-state index contributed by atoms with van der Waals surface area (Å²) in [6.07, 6.45) is 8.68. The molecule has 0 saturated carbocycles. The molecule has 2 heteroatoms. The lowest BCUT2D eigenvalue weighted by Crippen LogP contribution is -2.10. The Hall–Kier alpha value is -0.0800. The molecule has 0 aromatic rings. The highest BCUT2D eigenvalue weighted by Crippen LogP contribution is 2.21. The molecular weight excluding hydrogens is 162 g/mol. The molecule has 2 saturated heterocycles. The van der Waals surface area contributed by atoms with Gasteiger partial charge in [-0.05, 0) is 51.1 Å². The number of ether oxygens (including phenoxy) is 1. The van der Waals surface area contributed by atoms with Gasteiger partial charge in [0, 0.05) is 6.61 Å². The van der Waals surface area contributed by atoms with E-state index < -0.39 is 0 Å². The van der Waals surface area contributed by atoms with Gasteiger partial charge < -0.3 is 10.1 Å². The molecule has 2 unspecified atom stereocenters. The first-order chi connectivity index (χ1) is 6.45. The highest BCUT2D eigenvalue weighted by molar-refractivity contribution is 4.72. The van der Waals surface area contributed by atoms with E-state index >= 15 is 0 Å². The standard InChI is InChI=1S/C11H21NO/c1(3-10-6-7-12-9-10)4-11-5-2-8-13-11/h10-12H,1-9H2. The van der Waals surface area contributed by atoms with Gasteiger partial charge >= 0.3 is 0 Å². The van der Waals surface area contributed by atoms with E-state index in [4.69, 9.17) is 4.74 Å². The van der Waals surface area contributed by atoms with Crippen LogP contribution in [0.2, 0.25) is 0 Å². The van der Waals surface area contributed by atoms with E-state index in [2.05, 4.69) is 5.32 Å². The summed E-state index contributed by atoms with van der Waals surface area (Å²) >= 11 is 0. The fourth-order valence-corrected chi connectivity index (χ4v) is 2.47. The van der Waals surface area contributed by atoms with Gasteiger partial charge in [-0.3, -0.25) is 0 Å². The van der Waals surface area contributed by atoms with Crippen molar-refractivity contribution >= 4 is 0 Å². The molecule has 2 heterocycles. The topological polar surface area (TPSA) is 21.3 Å². The van der Waals surface area contributed by atoms with Crippen LogP contribution in [0.25, 0.3) is 0 Å². The average molecular weight is 183 g/mol. The predicted molar refractivity (Wildman–Crippen MR) is 53.8 cm³/mol. The zero-order valence-electron chi connectivity index (χ0n) is 8.43. The SMILES string of the molecule is C1COC(CCCC2CCNC2)C1. The van der Waals surface area contributed by atoms with Crippen molar-refractivity contribution in [2.45, 2.75) is 44.6 Å². The van der Waals surface area contributed by atoms with Gasteiger partial charge in [0.15, 0.2) is 0 Å². The molecule has 0 spiro atoms. The van der Waals surface area contributed by atoms with Crippen LogP contribution < -0.4 is 5.32 Å². The first-order valence-corrected chi connectivity index (χ1v) is 5.77. The van der Waals surface area contributed by atoms with Crippen molar-refractivity contribution in [3.05, 3.63) is 0 Å². The summed E-state index contributed by atoms with van der Waals surface area (Å²) < 4.78 is 5.60. The lowest BCUT2D eigenvalue weighted by molar-refractivity contribution is 0.101. The largest absolute Gasteiger partial charge is 0.378 e. The number of rotatable bonds is 4. The zero-order valence-corrected chi connectivity index (χ0v) is 8.43. The Labute approximate surface area is 81.0 Å². The highest BCUT2D eigenvalue weighted by atomic mass is 16.5. The molecule has 2 nitrogen and oxygen atoms in total. The molecule has 13 heavy (non-hydrogen) atoms. The van der Waals surface area contributed by atoms with Gasteiger partial charge in [-0.2, -0.15) is 0 Å². The quantitative estimate of drug-likeness (QED) is 0.719. The Morgan fingerprint density at radius 1 is 1.23 bits per heavy atom. The minimum atomic E-state index is 0.606. The van der Waals surface area contributed by atoms with Crippen LogP contribution in [0.4, 0.5) is 0 Å². The molecule has 2 fully saturated rings. The smallest absolute Gasteiger partial charge is 0.0576 e. The van der Waals surface area contributed by atoms with Crippen LogP contribution in [0, 0.1) is 5.92 Å². The third-order valence-electron chi connectivity index (χ3n) is 3.32. The summed E-state index contributed by atoms with van der Waals surface area (Å²) in [7, 11) is 0. The predicted octanol–water partition coefficient (Wildman–Crippen LogP) is 1.95. The second-order valence-electron chi connectivity index (χ2n) is 4.42. The van der Waals surface area contributed by atoms with Crippen LogP contribution in [-0.4, -0.2) is 25.8 Å². The molecule has 0 amide bonds. The first-order valence-electron chi connectivity index (χ1n) is 5.77. The molecule has 76 valence electrons. The molecule has 2 aliphatic rings. The molecule has 2 aliphatic heterocycles. The van der Waals surface area contributed by atoms with Crippen LogP contribution in [0.3, 0.4) is 0 Å². The zero-order chi connectivity index (χ0) is 8.93. The fraction of sp³-hybridized carbons (Fsp3) is 1.00. The molecule has 0 aromatic heterocycles. The molecule has 1 N–H and O–H groups in total. The van der Waals surface area contributed by atoms with Crippen molar-refractivity contribution in [1.82, 2.24) is 5.32 Å². The summed E-state index contributed by atoms with van der Waals surface area (Å²) in [6.45, 7) is 3.51. The van der Waals surface area contributed by atoms with E-state index in [9.17, 15) is 0 Å².